The molecular weight excluding hydrogens is 448 g/mol. The Morgan fingerprint density at radius 3 is 1.41 bits per heavy atom. The maximum absolute atomic E-state index is 9.21. The van der Waals surface area contributed by atoms with Crippen molar-refractivity contribution in [3.8, 4) is 33.9 Å². The number of rotatable bonds is 4. The third-order valence-corrected chi connectivity index (χ3v) is 6.57. The standard InChI is InChI=1S/C35H26N2/c1-25-30(36-32-19-10-8-17-28(32)23-34(36)26-13-4-2-5-14-26)21-12-22-31(25)37-33-20-11-9-18-29(33)24-35(37)27-15-6-3-7-16-27/h2-24H,1H3/i8D,9D,10D,11D,17D,18D,19D,20D,23D,24D. The van der Waals surface area contributed by atoms with Gasteiger partial charge in [0.1, 0.15) is 0 Å². The van der Waals surface area contributed by atoms with E-state index in [2.05, 4.69) is 0 Å². The van der Waals surface area contributed by atoms with Gasteiger partial charge in [0.2, 0.25) is 0 Å². The Balaban J connectivity index is 1.66. The first-order valence-corrected chi connectivity index (χ1v) is 11.9. The molecule has 7 rings (SSSR count). The fourth-order valence-electron chi connectivity index (χ4n) is 4.87. The molecule has 0 saturated carbocycles. The molecule has 2 nitrogen and oxygen atoms in total. The van der Waals surface area contributed by atoms with E-state index in [0.717, 1.165) is 0 Å². The quantitative estimate of drug-likeness (QED) is 0.236. The summed E-state index contributed by atoms with van der Waals surface area (Å²) in [5.74, 6) is 0. The molecule has 0 atom stereocenters. The van der Waals surface area contributed by atoms with Crippen LogP contribution in [0.15, 0.2) is 139 Å². The van der Waals surface area contributed by atoms with E-state index in [1.54, 1.807) is 27.3 Å². The number of para-hydroxylation sites is 2. The van der Waals surface area contributed by atoms with Crippen molar-refractivity contribution in [3.63, 3.8) is 0 Å². The summed E-state index contributed by atoms with van der Waals surface area (Å²) in [6.45, 7) is 1.82. The first-order chi connectivity index (χ1) is 22.5. The van der Waals surface area contributed by atoms with E-state index in [4.69, 9.17) is 11.0 Å². The van der Waals surface area contributed by atoms with Crippen LogP contribution < -0.4 is 0 Å². The molecule has 0 N–H and O–H groups in total. The lowest BCUT2D eigenvalue weighted by Gasteiger charge is -2.19. The second kappa shape index (κ2) is 8.69. The largest absolute Gasteiger partial charge is 0.309 e. The minimum Gasteiger partial charge on any atom is -0.309 e. The van der Waals surface area contributed by atoms with E-state index < -0.39 is 24.2 Å². The van der Waals surface area contributed by atoms with E-state index in [1.807, 2.05) is 67.6 Å². The summed E-state index contributed by atoms with van der Waals surface area (Å²) in [4.78, 5) is 0. The van der Waals surface area contributed by atoms with Crippen LogP contribution in [-0.4, -0.2) is 9.13 Å². The summed E-state index contributed by atoms with van der Waals surface area (Å²) in [5.41, 5.74) is 3.89. The van der Waals surface area contributed by atoms with E-state index >= 15 is 0 Å². The second-order valence-corrected chi connectivity index (χ2v) is 8.72. The summed E-state index contributed by atoms with van der Waals surface area (Å²) in [6, 6.07) is 20.5. The second-order valence-electron chi connectivity index (χ2n) is 8.72. The molecule has 0 unspecified atom stereocenters. The van der Waals surface area contributed by atoms with Crippen LogP contribution in [0.2, 0.25) is 0 Å². The van der Waals surface area contributed by atoms with Crippen molar-refractivity contribution in [3.05, 3.63) is 145 Å². The number of fused-ring (bicyclic) bond motifs is 2. The molecule has 2 aromatic heterocycles. The van der Waals surface area contributed by atoms with Gasteiger partial charge in [0.25, 0.3) is 0 Å². The summed E-state index contributed by atoms with van der Waals surface area (Å²) < 4.78 is 90.6. The third kappa shape index (κ3) is 3.49. The minimum absolute atomic E-state index is 0.0537. The molecule has 0 spiro atoms. The zero-order valence-electron chi connectivity index (χ0n) is 29.9. The Hall–Kier alpha value is -4.82. The molecule has 0 saturated heterocycles. The highest BCUT2D eigenvalue weighted by Gasteiger charge is 2.18. The molecule has 0 aliphatic heterocycles. The van der Waals surface area contributed by atoms with Gasteiger partial charge in [0.15, 0.2) is 0 Å². The van der Waals surface area contributed by atoms with Crippen LogP contribution in [-0.2, 0) is 0 Å². The number of benzene rings is 5. The molecule has 2 heterocycles. The third-order valence-electron chi connectivity index (χ3n) is 6.57. The molecular formula is C35H26N2. The highest BCUT2D eigenvalue weighted by Crippen LogP contribution is 2.37. The van der Waals surface area contributed by atoms with Gasteiger partial charge in [0, 0.05) is 10.8 Å². The van der Waals surface area contributed by atoms with Gasteiger partial charge in [-0.05, 0) is 59.9 Å². The van der Waals surface area contributed by atoms with Crippen LogP contribution in [0.25, 0.3) is 55.7 Å². The average molecular weight is 485 g/mol. The predicted octanol–water partition coefficient (Wildman–Crippen LogP) is 9.22. The number of hydrogen-bond donors (Lipinski definition) is 0. The van der Waals surface area contributed by atoms with Gasteiger partial charge in [-0.15, -0.1) is 0 Å². The Bertz CT molecular complexity index is 2250. The van der Waals surface area contributed by atoms with Gasteiger partial charge in [-0.3, -0.25) is 0 Å². The van der Waals surface area contributed by atoms with Gasteiger partial charge in [-0.25, -0.2) is 0 Å². The molecule has 176 valence electrons. The maximum Gasteiger partial charge on any atom is 0.0652 e. The van der Waals surface area contributed by atoms with Gasteiger partial charge >= 0.3 is 0 Å². The van der Waals surface area contributed by atoms with Crippen LogP contribution in [0.3, 0.4) is 0 Å². The van der Waals surface area contributed by atoms with Crippen LogP contribution in [0.5, 0.6) is 0 Å². The Morgan fingerprint density at radius 2 is 0.946 bits per heavy atom. The first kappa shape index (κ1) is 13.5. The van der Waals surface area contributed by atoms with Crippen LogP contribution in [0, 0.1) is 6.92 Å². The van der Waals surface area contributed by atoms with Gasteiger partial charge in [0.05, 0.1) is 47.5 Å². The molecule has 0 aliphatic rings. The molecule has 0 fully saturated rings. The first-order valence-electron chi connectivity index (χ1n) is 16.9. The number of hydrogen-bond acceptors (Lipinski definition) is 0. The molecule has 0 amide bonds. The van der Waals surface area contributed by atoms with Crippen molar-refractivity contribution in [1.82, 2.24) is 9.13 Å². The molecule has 0 bridgehead atoms. The Morgan fingerprint density at radius 1 is 0.514 bits per heavy atom. The Labute approximate surface area is 230 Å². The summed E-state index contributed by atoms with van der Waals surface area (Å²) in [6.07, 6.45) is 0. The van der Waals surface area contributed by atoms with Crippen LogP contribution >= 0.6 is 0 Å². The molecule has 5 aromatic carbocycles. The number of aromatic nitrogens is 2. The molecule has 7 aromatic rings. The van der Waals surface area contributed by atoms with Crippen molar-refractivity contribution in [2.75, 3.05) is 0 Å². The van der Waals surface area contributed by atoms with E-state index in [-0.39, 0.29) is 58.1 Å². The van der Waals surface area contributed by atoms with Gasteiger partial charge in [-0.2, -0.15) is 0 Å². The van der Waals surface area contributed by atoms with Crippen LogP contribution in [0.4, 0.5) is 0 Å². The fourth-order valence-corrected chi connectivity index (χ4v) is 4.87. The highest BCUT2D eigenvalue weighted by atomic mass is 15.0. The zero-order valence-corrected chi connectivity index (χ0v) is 19.9. The van der Waals surface area contributed by atoms with Gasteiger partial charge in [-0.1, -0.05) is 103 Å². The van der Waals surface area contributed by atoms with Crippen molar-refractivity contribution in [1.29, 1.82) is 0 Å². The number of nitrogens with zero attached hydrogens (tertiary/aromatic N) is 2. The molecule has 0 aliphatic carbocycles. The van der Waals surface area contributed by atoms with Crippen molar-refractivity contribution < 1.29 is 13.7 Å². The summed E-state index contributed by atoms with van der Waals surface area (Å²) in [5, 5.41) is 0.164. The van der Waals surface area contributed by atoms with Crippen molar-refractivity contribution in [2.24, 2.45) is 0 Å². The average Bonchev–Trinajstić information content (AvgIpc) is 3.56. The summed E-state index contributed by atoms with van der Waals surface area (Å²) in [7, 11) is 0. The van der Waals surface area contributed by atoms with E-state index in [9.17, 15) is 2.74 Å². The normalized spacial score (nSPS) is 15.2. The monoisotopic (exact) mass is 484 g/mol. The lowest BCUT2D eigenvalue weighted by Crippen LogP contribution is -2.05. The predicted molar refractivity (Wildman–Crippen MR) is 156 cm³/mol. The van der Waals surface area contributed by atoms with Gasteiger partial charge < -0.3 is 9.13 Å². The minimum atomic E-state index is -0.429. The lowest BCUT2D eigenvalue weighted by molar-refractivity contribution is 1.06. The Kier molecular flexibility index (Phi) is 3.16. The topological polar surface area (TPSA) is 9.86 Å². The SMILES string of the molecule is [2H]c1c([2H])c([2H])c2c(c1[2H])c([2H])c(-c1ccccc1)n2-c1cccc(-n2c(-c3ccccc3)c([2H])c3c([2H])c([2H])c([2H])c([2H])c32)c1C. The molecule has 37 heavy (non-hydrogen) atoms. The zero-order chi connectivity index (χ0) is 33.5. The van der Waals surface area contributed by atoms with Crippen molar-refractivity contribution in [2.45, 2.75) is 6.92 Å². The molecule has 2 heteroatoms. The fraction of sp³-hybridized carbons (Fsp3) is 0.0286. The van der Waals surface area contributed by atoms with Crippen LogP contribution in [0.1, 0.15) is 19.3 Å². The van der Waals surface area contributed by atoms with E-state index in [0.29, 0.717) is 39.5 Å². The van der Waals surface area contributed by atoms with E-state index in [1.165, 1.54) is 0 Å². The maximum atomic E-state index is 9.21. The highest BCUT2D eigenvalue weighted by molar-refractivity contribution is 5.91. The van der Waals surface area contributed by atoms with Crippen molar-refractivity contribution >= 4 is 21.8 Å². The summed E-state index contributed by atoms with van der Waals surface area (Å²) >= 11 is 0. The smallest absolute Gasteiger partial charge is 0.0652 e. The molecule has 0 radical (unpaired) electrons. The lowest BCUT2D eigenvalue weighted by atomic mass is 10.1.